The van der Waals surface area contributed by atoms with E-state index in [1.165, 1.54) is 12.1 Å². The molecule has 0 fully saturated rings. The van der Waals surface area contributed by atoms with Crippen molar-refractivity contribution < 1.29 is 41.0 Å². The quantitative estimate of drug-likeness (QED) is 0.323. The van der Waals surface area contributed by atoms with Gasteiger partial charge in [-0.1, -0.05) is 29.8 Å². The van der Waals surface area contributed by atoms with Gasteiger partial charge in [-0.05, 0) is 54.4 Å². The van der Waals surface area contributed by atoms with Crippen LogP contribution in [0, 0.1) is 6.92 Å². The molecular formula is C27H24F6N2O3. The topological polar surface area (TPSA) is 62.1 Å². The first-order valence-corrected chi connectivity index (χ1v) is 11.3. The lowest BCUT2D eigenvalue weighted by Crippen LogP contribution is -2.38. The molecule has 0 saturated carbocycles. The molecule has 1 heterocycles. The van der Waals surface area contributed by atoms with Crippen molar-refractivity contribution in [2.75, 3.05) is 18.7 Å². The van der Waals surface area contributed by atoms with Crippen molar-refractivity contribution in [3.63, 3.8) is 0 Å². The van der Waals surface area contributed by atoms with Gasteiger partial charge in [0.05, 0.1) is 19.3 Å². The Morgan fingerprint density at radius 1 is 1.08 bits per heavy atom. The van der Waals surface area contributed by atoms with Crippen LogP contribution in [0.4, 0.5) is 32.0 Å². The number of hydrogen-bond acceptors (Lipinski definition) is 4. The smallest absolute Gasteiger partial charge is 0.416 e. The third-order valence-electron chi connectivity index (χ3n) is 5.68. The van der Waals surface area contributed by atoms with Gasteiger partial charge in [-0.15, -0.1) is 0 Å². The van der Waals surface area contributed by atoms with Gasteiger partial charge in [-0.3, -0.25) is 9.38 Å². The van der Waals surface area contributed by atoms with Crippen LogP contribution in [-0.2, 0) is 19.3 Å². The Morgan fingerprint density at radius 2 is 1.79 bits per heavy atom. The Hall–Kier alpha value is -4.02. The summed E-state index contributed by atoms with van der Waals surface area (Å²) >= 11 is 0. The van der Waals surface area contributed by atoms with Crippen LogP contribution in [0.5, 0.6) is 5.75 Å². The molecule has 0 bridgehead atoms. The fraction of sp³-hybridized carbons (Fsp3) is 0.259. The van der Waals surface area contributed by atoms with Gasteiger partial charge in [-0.2, -0.15) is 13.2 Å². The lowest BCUT2D eigenvalue weighted by atomic mass is 10.0. The normalized spacial score (nSPS) is 12.9. The number of halogens is 6. The number of aliphatic imine (C=N–C) groups is 1. The largest absolute Gasteiger partial charge is 0.485 e. The standard InChI is InChI=1S/C26H21F5N2O3.CH3F/c1-15-6-7-21-18(8-15)12-32-23(14-36-22-5-3-2-4-20(22)25(34)35)33(21)13-16-9-17(24(27)28)11-19(10-16)26(29,30)31;1-2/h2-11,24H,12-14H2,1H3,(H,34,35);1H3. The molecule has 3 aromatic carbocycles. The monoisotopic (exact) mass is 538 g/mol. The van der Waals surface area contributed by atoms with Gasteiger partial charge < -0.3 is 14.7 Å². The summed E-state index contributed by atoms with van der Waals surface area (Å²) in [5.74, 6) is -0.763. The summed E-state index contributed by atoms with van der Waals surface area (Å²) in [6.45, 7) is 1.80. The molecule has 0 aromatic heterocycles. The number of nitrogens with zero attached hydrogens (tertiary/aromatic N) is 2. The van der Waals surface area contributed by atoms with Crippen molar-refractivity contribution in [3.8, 4) is 5.75 Å². The first-order chi connectivity index (χ1) is 18.0. The van der Waals surface area contributed by atoms with Gasteiger partial charge in [0.25, 0.3) is 6.43 Å². The van der Waals surface area contributed by atoms with Crippen LogP contribution >= 0.6 is 0 Å². The van der Waals surface area contributed by atoms with E-state index in [0.717, 1.165) is 23.3 Å². The molecule has 1 aliphatic rings. The maximum absolute atomic E-state index is 13.4. The molecule has 0 atom stereocenters. The van der Waals surface area contributed by atoms with Gasteiger partial charge in [0.2, 0.25) is 0 Å². The molecule has 202 valence electrons. The lowest BCUT2D eigenvalue weighted by molar-refractivity contribution is -0.137. The Kier molecular flexibility index (Phi) is 9.03. The van der Waals surface area contributed by atoms with Crippen LogP contribution in [0.15, 0.2) is 65.7 Å². The van der Waals surface area contributed by atoms with Gasteiger partial charge in [0, 0.05) is 17.8 Å². The minimum Gasteiger partial charge on any atom is -0.485 e. The molecule has 3 aromatic rings. The zero-order valence-electron chi connectivity index (χ0n) is 20.4. The molecule has 11 heteroatoms. The van der Waals surface area contributed by atoms with Crippen molar-refractivity contribution in [2.45, 2.75) is 32.6 Å². The zero-order chi connectivity index (χ0) is 28.0. The molecule has 0 saturated heterocycles. The number of amidine groups is 1. The van der Waals surface area contributed by atoms with E-state index < -0.39 is 29.7 Å². The first-order valence-electron chi connectivity index (χ1n) is 11.3. The number of alkyl halides is 6. The van der Waals surface area contributed by atoms with E-state index in [1.54, 1.807) is 23.1 Å². The van der Waals surface area contributed by atoms with Crippen molar-refractivity contribution >= 4 is 17.5 Å². The predicted molar refractivity (Wildman–Crippen MR) is 131 cm³/mol. The number of carbonyl (C=O) groups is 1. The summed E-state index contributed by atoms with van der Waals surface area (Å²) in [5, 5.41) is 9.39. The Labute approximate surface area is 215 Å². The predicted octanol–water partition coefficient (Wildman–Crippen LogP) is 7.23. The molecule has 0 amide bonds. The maximum atomic E-state index is 13.4. The highest BCUT2D eigenvalue weighted by Gasteiger charge is 2.32. The summed E-state index contributed by atoms with van der Waals surface area (Å²) in [6, 6.07) is 13.8. The average Bonchev–Trinajstić information content (AvgIpc) is 2.88. The van der Waals surface area contributed by atoms with Crippen LogP contribution in [-0.4, -0.2) is 30.7 Å². The van der Waals surface area contributed by atoms with E-state index in [4.69, 9.17) is 4.74 Å². The molecule has 0 unspecified atom stereocenters. The third kappa shape index (κ3) is 6.64. The lowest BCUT2D eigenvalue weighted by Gasteiger charge is -2.32. The van der Waals surface area contributed by atoms with E-state index in [-0.39, 0.29) is 36.6 Å². The van der Waals surface area contributed by atoms with Crippen LogP contribution in [0.2, 0.25) is 0 Å². The number of para-hydroxylation sites is 1. The fourth-order valence-corrected chi connectivity index (χ4v) is 4.00. The van der Waals surface area contributed by atoms with Crippen LogP contribution in [0.25, 0.3) is 0 Å². The SMILES string of the molecule is CF.Cc1ccc2c(c1)CN=C(COc1ccccc1C(=O)O)N2Cc1cc(C(F)F)cc(C(F)(F)F)c1. The first kappa shape index (κ1) is 28.5. The summed E-state index contributed by atoms with van der Waals surface area (Å²) < 4.78 is 82.3. The molecule has 0 spiro atoms. The molecule has 1 aliphatic heterocycles. The molecule has 1 N–H and O–H groups in total. The minimum absolute atomic E-state index is 0.0205. The summed E-state index contributed by atoms with van der Waals surface area (Å²) in [5.41, 5.74) is 0.483. The van der Waals surface area contributed by atoms with Gasteiger partial charge in [-0.25, -0.2) is 13.6 Å². The highest BCUT2D eigenvalue weighted by Crippen LogP contribution is 2.35. The van der Waals surface area contributed by atoms with E-state index in [1.807, 2.05) is 19.1 Å². The number of rotatable bonds is 7. The van der Waals surface area contributed by atoms with Gasteiger partial charge in [0.15, 0.2) is 0 Å². The van der Waals surface area contributed by atoms with Gasteiger partial charge >= 0.3 is 12.1 Å². The number of carboxylic acids is 1. The number of anilines is 1. The Bertz CT molecular complexity index is 1320. The number of hydrogen-bond donors (Lipinski definition) is 1. The number of ether oxygens (including phenoxy) is 1. The van der Waals surface area contributed by atoms with Crippen molar-refractivity contribution in [1.29, 1.82) is 0 Å². The minimum atomic E-state index is -4.79. The zero-order valence-corrected chi connectivity index (χ0v) is 20.4. The van der Waals surface area contributed by atoms with Crippen LogP contribution < -0.4 is 9.64 Å². The second-order valence-electron chi connectivity index (χ2n) is 8.30. The molecule has 5 nitrogen and oxygen atoms in total. The van der Waals surface area contributed by atoms with E-state index >= 15 is 0 Å². The van der Waals surface area contributed by atoms with Crippen molar-refractivity contribution in [1.82, 2.24) is 0 Å². The summed E-state index contributed by atoms with van der Waals surface area (Å²) in [6.07, 6.45) is -7.87. The van der Waals surface area contributed by atoms with E-state index in [2.05, 4.69) is 4.99 Å². The number of aromatic carboxylic acids is 1. The second-order valence-corrected chi connectivity index (χ2v) is 8.30. The molecule has 0 radical (unpaired) electrons. The third-order valence-corrected chi connectivity index (χ3v) is 5.68. The fourth-order valence-electron chi connectivity index (χ4n) is 4.00. The average molecular weight is 538 g/mol. The number of carboxylic acid groups (broad SMARTS) is 1. The van der Waals surface area contributed by atoms with Crippen LogP contribution in [0.1, 0.15) is 44.6 Å². The Balaban J connectivity index is 0.00000195. The number of aryl methyl sites for hydroxylation is 1. The van der Waals surface area contributed by atoms with E-state index in [0.29, 0.717) is 24.8 Å². The highest BCUT2D eigenvalue weighted by molar-refractivity contribution is 6.01. The summed E-state index contributed by atoms with van der Waals surface area (Å²) in [7, 11) is 0.500. The molecule has 38 heavy (non-hydrogen) atoms. The van der Waals surface area contributed by atoms with E-state index in [9.17, 15) is 36.2 Å². The molecular weight excluding hydrogens is 514 g/mol. The number of fused-ring (bicyclic) bond motifs is 1. The second kappa shape index (κ2) is 12.0. The molecule has 0 aliphatic carbocycles. The summed E-state index contributed by atoms with van der Waals surface area (Å²) in [4.78, 5) is 17.6. The van der Waals surface area contributed by atoms with Crippen LogP contribution in [0.3, 0.4) is 0 Å². The van der Waals surface area contributed by atoms with Crippen molar-refractivity contribution in [2.24, 2.45) is 4.99 Å². The van der Waals surface area contributed by atoms with Crippen molar-refractivity contribution in [3.05, 3.63) is 94.0 Å². The number of benzene rings is 3. The Morgan fingerprint density at radius 3 is 2.45 bits per heavy atom. The molecule has 4 rings (SSSR count). The highest BCUT2D eigenvalue weighted by atomic mass is 19.4. The maximum Gasteiger partial charge on any atom is 0.416 e. The van der Waals surface area contributed by atoms with Gasteiger partial charge in [0.1, 0.15) is 23.8 Å².